The Morgan fingerprint density at radius 3 is 2.53 bits per heavy atom. The first kappa shape index (κ1) is 14.3. The fourth-order valence-corrected chi connectivity index (χ4v) is 2.90. The molecule has 2 rings (SSSR count). The molecule has 2 aromatic rings. The highest BCUT2D eigenvalue weighted by Crippen LogP contribution is 2.27. The van der Waals surface area contributed by atoms with Crippen LogP contribution in [0.15, 0.2) is 35.5 Å². The fraction of sp³-hybridized carbons (Fsp3) is 0. The van der Waals surface area contributed by atoms with Crippen molar-refractivity contribution in [3.05, 3.63) is 45.8 Å². The second-order valence-corrected chi connectivity index (χ2v) is 6.24. The molecule has 0 aliphatic heterocycles. The maximum atomic E-state index is 12.1. The molecule has 0 bridgehead atoms. The summed E-state index contributed by atoms with van der Waals surface area (Å²) in [7, 11) is -3.84. The van der Waals surface area contributed by atoms with E-state index in [-0.39, 0.29) is 20.9 Å². The summed E-state index contributed by atoms with van der Waals surface area (Å²) in [5.74, 6) is -0.0957. The number of aromatic nitrogens is 2. The van der Waals surface area contributed by atoms with Gasteiger partial charge in [-0.05, 0) is 18.2 Å². The van der Waals surface area contributed by atoms with Crippen LogP contribution in [0.5, 0.6) is 0 Å². The first-order chi connectivity index (χ1) is 8.90. The highest BCUT2D eigenvalue weighted by molar-refractivity contribution is 7.92. The van der Waals surface area contributed by atoms with Crippen LogP contribution in [0.1, 0.15) is 0 Å². The van der Waals surface area contributed by atoms with Crippen molar-refractivity contribution in [1.82, 2.24) is 9.97 Å². The molecule has 0 saturated heterocycles. The lowest BCUT2D eigenvalue weighted by Crippen LogP contribution is -2.14. The van der Waals surface area contributed by atoms with Crippen molar-refractivity contribution in [3.8, 4) is 0 Å². The zero-order valence-electron chi connectivity index (χ0n) is 9.14. The predicted octanol–water partition coefficient (Wildman–Crippen LogP) is 3.24. The third-order valence-electron chi connectivity index (χ3n) is 2.08. The minimum absolute atomic E-state index is 0.00852. The maximum absolute atomic E-state index is 12.1. The van der Waals surface area contributed by atoms with Crippen molar-refractivity contribution in [3.63, 3.8) is 0 Å². The van der Waals surface area contributed by atoms with Crippen molar-refractivity contribution >= 4 is 50.6 Å². The number of halogens is 3. The maximum Gasteiger partial charge on any atom is 0.263 e. The number of sulfonamides is 1. The average Bonchev–Trinajstić information content (AvgIpc) is 2.35. The average molecular weight is 339 g/mol. The zero-order valence-corrected chi connectivity index (χ0v) is 12.2. The molecule has 0 aliphatic rings. The van der Waals surface area contributed by atoms with Gasteiger partial charge in [0.05, 0.1) is 4.90 Å². The van der Waals surface area contributed by atoms with Crippen LogP contribution in [0.3, 0.4) is 0 Å². The van der Waals surface area contributed by atoms with Crippen LogP contribution in [0, 0.1) is 0 Å². The number of anilines is 1. The number of benzene rings is 1. The van der Waals surface area contributed by atoms with Crippen molar-refractivity contribution in [1.29, 1.82) is 0 Å². The molecule has 1 heterocycles. The molecule has 0 unspecified atom stereocenters. The Morgan fingerprint density at radius 2 is 1.84 bits per heavy atom. The van der Waals surface area contributed by atoms with E-state index < -0.39 is 10.0 Å². The van der Waals surface area contributed by atoms with Gasteiger partial charge in [-0.1, -0.05) is 40.9 Å². The SMILES string of the molecule is O=S(=O)(Nc1ncnc(Cl)c1Cl)c1cccc(Cl)c1. The molecule has 5 nitrogen and oxygen atoms in total. The van der Waals surface area contributed by atoms with Gasteiger partial charge in [-0.25, -0.2) is 18.4 Å². The summed E-state index contributed by atoms with van der Waals surface area (Å²) in [4.78, 5) is 7.34. The number of rotatable bonds is 3. The van der Waals surface area contributed by atoms with E-state index in [0.717, 1.165) is 6.33 Å². The van der Waals surface area contributed by atoms with Crippen molar-refractivity contribution in [2.24, 2.45) is 0 Å². The Bertz CT molecular complexity index is 722. The van der Waals surface area contributed by atoms with Crippen LogP contribution in [0.25, 0.3) is 0 Å². The highest BCUT2D eigenvalue weighted by atomic mass is 35.5. The summed E-state index contributed by atoms with van der Waals surface area (Å²) >= 11 is 17.2. The van der Waals surface area contributed by atoms with Crippen LogP contribution in [-0.2, 0) is 10.0 Å². The van der Waals surface area contributed by atoms with E-state index in [2.05, 4.69) is 14.7 Å². The molecule has 19 heavy (non-hydrogen) atoms. The van der Waals surface area contributed by atoms with E-state index in [4.69, 9.17) is 34.8 Å². The lowest BCUT2D eigenvalue weighted by Gasteiger charge is -2.08. The molecule has 0 aliphatic carbocycles. The quantitative estimate of drug-likeness (QED) is 0.872. The van der Waals surface area contributed by atoms with E-state index >= 15 is 0 Å². The molecule has 0 radical (unpaired) electrons. The second kappa shape index (κ2) is 5.50. The number of hydrogen-bond donors (Lipinski definition) is 1. The molecule has 0 atom stereocenters. The zero-order chi connectivity index (χ0) is 14.0. The van der Waals surface area contributed by atoms with Crippen LogP contribution < -0.4 is 4.72 Å². The Hall–Kier alpha value is -1.08. The minimum atomic E-state index is -3.84. The van der Waals surface area contributed by atoms with Crippen LogP contribution in [0.4, 0.5) is 5.82 Å². The molecule has 1 N–H and O–H groups in total. The van der Waals surface area contributed by atoms with Gasteiger partial charge in [-0.15, -0.1) is 0 Å². The molecule has 0 saturated carbocycles. The lowest BCUT2D eigenvalue weighted by atomic mass is 10.4. The molecular weight excluding hydrogens is 333 g/mol. The van der Waals surface area contributed by atoms with Crippen LogP contribution >= 0.6 is 34.8 Å². The van der Waals surface area contributed by atoms with E-state index in [9.17, 15) is 8.42 Å². The molecule has 0 spiro atoms. The molecule has 1 aromatic carbocycles. The van der Waals surface area contributed by atoms with E-state index in [1.165, 1.54) is 18.2 Å². The van der Waals surface area contributed by atoms with Gasteiger partial charge in [0.1, 0.15) is 11.3 Å². The first-order valence-corrected chi connectivity index (χ1v) is 7.46. The van der Waals surface area contributed by atoms with Gasteiger partial charge >= 0.3 is 0 Å². The summed E-state index contributed by atoms with van der Waals surface area (Å²) in [5, 5.41) is 0.185. The van der Waals surface area contributed by atoms with E-state index in [1.807, 2.05) is 0 Å². The molecule has 0 amide bonds. The standard InChI is InChI=1S/C10H6Cl3N3O2S/c11-6-2-1-3-7(4-6)19(17,18)16-10-8(12)9(13)14-5-15-10/h1-5H,(H,14,15,16). The Morgan fingerprint density at radius 1 is 1.11 bits per heavy atom. The number of nitrogens with one attached hydrogen (secondary N) is 1. The topological polar surface area (TPSA) is 72.0 Å². The van der Waals surface area contributed by atoms with E-state index in [1.54, 1.807) is 6.07 Å². The van der Waals surface area contributed by atoms with Gasteiger partial charge in [0.2, 0.25) is 0 Å². The van der Waals surface area contributed by atoms with Gasteiger partial charge in [0, 0.05) is 5.02 Å². The molecule has 100 valence electrons. The normalized spacial score (nSPS) is 11.3. The van der Waals surface area contributed by atoms with Crippen molar-refractivity contribution in [2.45, 2.75) is 4.90 Å². The summed E-state index contributed by atoms with van der Waals surface area (Å²) in [5.41, 5.74) is 0. The number of hydrogen-bond acceptors (Lipinski definition) is 4. The van der Waals surface area contributed by atoms with Crippen LogP contribution in [0.2, 0.25) is 15.2 Å². The van der Waals surface area contributed by atoms with E-state index in [0.29, 0.717) is 5.02 Å². The van der Waals surface area contributed by atoms with Gasteiger partial charge in [-0.3, -0.25) is 4.72 Å². The summed E-state index contributed by atoms with van der Waals surface area (Å²) in [6.45, 7) is 0. The summed E-state index contributed by atoms with van der Waals surface area (Å²) in [6.07, 6.45) is 1.10. The molecule has 1 aromatic heterocycles. The first-order valence-electron chi connectivity index (χ1n) is 4.84. The highest BCUT2D eigenvalue weighted by Gasteiger charge is 2.18. The number of nitrogens with zero attached hydrogens (tertiary/aromatic N) is 2. The Balaban J connectivity index is 2.39. The molecular formula is C10H6Cl3N3O2S. The largest absolute Gasteiger partial charge is 0.263 e. The monoisotopic (exact) mass is 337 g/mol. The van der Waals surface area contributed by atoms with Crippen molar-refractivity contribution < 1.29 is 8.42 Å². The van der Waals surface area contributed by atoms with Crippen molar-refractivity contribution in [2.75, 3.05) is 4.72 Å². The Labute approximate surface area is 124 Å². The third-order valence-corrected chi connectivity index (χ3v) is 4.40. The fourth-order valence-electron chi connectivity index (χ4n) is 1.24. The smallest absolute Gasteiger partial charge is 0.262 e. The van der Waals surface area contributed by atoms with Gasteiger partial charge in [-0.2, -0.15) is 0 Å². The third kappa shape index (κ3) is 3.27. The van der Waals surface area contributed by atoms with Gasteiger partial charge in [0.25, 0.3) is 10.0 Å². The second-order valence-electron chi connectivity index (χ2n) is 3.39. The molecule has 0 fully saturated rings. The lowest BCUT2D eigenvalue weighted by molar-refractivity contribution is 0.601. The predicted molar refractivity (Wildman–Crippen MR) is 74.3 cm³/mol. The molecule has 9 heteroatoms. The Kier molecular flexibility index (Phi) is 4.15. The van der Waals surface area contributed by atoms with Gasteiger partial charge < -0.3 is 0 Å². The minimum Gasteiger partial charge on any atom is -0.262 e. The van der Waals surface area contributed by atoms with Crippen LogP contribution in [-0.4, -0.2) is 18.4 Å². The summed E-state index contributed by atoms with van der Waals surface area (Å²) in [6, 6.07) is 5.78. The summed E-state index contributed by atoms with van der Waals surface area (Å²) < 4.78 is 26.4. The van der Waals surface area contributed by atoms with Gasteiger partial charge in [0.15, 0.2) is 11.0 Å².